The fourth-order valence-corrected chi connectivity index (χ4v) is 1.12. The second-order valence-corrected chi connectivity index (χ2v) is 4.17. The van der Waals surface area contributed by atoms with Crippen LogP contribution in [0.2, 0.25) is 0 Å². The first kappa shape index (κ1) is 7.77. The molecule has 0 saturated heterocycles. The molecule has 0 bridgehead atoms. The molecule has 0 spiro atoms. The standard InChI is InChI=1S/C9H14N2O/c1-6(2)7-10-8(12-11-7)9(3)4-5-9/h6H,4-5H2,1-3H3. The zero-order chi connectivity index (χ0) is 8.77. The third kappa shape index (κ3) is 1.13. The smallest absolute Gasteiger partial charge is 0.232 e. The summed E-state index contributed by atoms with van der Waals surface area (Å²) in [6, 6.07) is 0. The summed E-state index contributed by atoms with van der Waals surface area (Å²) in [6.07, 6.45) is 2.37. The van der Waals surface area contributed by atoms with Crippen LogP contribution in [-0.4, -0.2) is 10.1 Å². The third-order valence-corrected chi connectivity index (χ3v) is 2.47. The van der Waals surface area contributed by atoms with Crippen molar-refractivity contribution in [2.75, 3.05) is 0 Å². The Kier molecular flexibility index (Phi) is 1.50. The predicted octanol–water partition coefficient (Wildman–Crippen LogP) is 2.24. The van der Waals surface area contributed by atoms with E-state index in [0.29, 0.717) is 5.92 Å². The zero-order valence-corrected chi connectivity index (χ0v) is 7.79. The van der Waals surface area contributed by atoms with Crippen molar-refractivity contribution in [3.05, 3.63) is 11.7 Å². The molecule has 0 aliphatic heterocycles. The Hall–Kier alpha value is -0.860. The molecule has 12 heavy (non-hydrogen) atoms. The summed E-state index contributed by atoms with van der Waals surface area (Å²) in [6.45, 7) is 6.32. The van der Waals surface area contributed by atoms with Crippen LogP contribution in [0.5, 0.6) is 0 Å². The quantitative estimate of drug-likeness (QED) is 0.676. The molecule has 0 N–H and O–H groups in total. The lowest BCUT2D eigenvalue weighted by Crippen LogP contribution is -2.00. The van der Waals surface area contributed by atoms with Gasteiger partial charge < -0.3 is 4.52 Å². The molecular weight excluding hydrogens is 152 g/mol. The monoisotopic (exact) mass is 166 g/mol. The van der Waals surface area contributed by atoms with Gasteiger partial charge in [-0.2, -0.15) is 4.98 Å². The van der Waals surface area contributed by atoms with Gasteiger partial charge in [0.1, 0.15) is 0 Å². The van der Waals surface area contributed by atoms with Gasteiger partial charge in [0.25, 0.3) is 0 Å². The zero-order valence-electron chi connectivity index (χ0n) is 7.79. The van der Waals surface area contributed by atoms with E-state index in [1.54, 1.807) is 0 Å². The van der Waals surface area contributed by atoms with Crippen molar-refractivity contribution >= 4 is 0 Å². The maximum atomic E-state index is 5.19. The maximum absolute atomic E-state index is 5.19. The lowest BCUT2D eigenvalue weighted by atomic mass is 10.1. The Balaban J connectivity index is 2.25. The summed E-state index contributed by atoms with van der Waals surface area (Å²) in [5.41, 5.74) is 0.208. The van der Waals surface area contributed by atoms with Gasteiger partial charge in [0, 0.05) is 11.3 Å². The van der Waals surface area contributed by atoms with Crippen molar-refractivity contribution in [3.63, 3.8) is 0 Å². The summed E-state index contributed by atoms with van der Waals surface area (Å²) in [4.78, 5) is 4.37. The van der Waals surface area contributed by atoms with Gasteiger partial charge in [-0.25, -0.2) is 0 Å². The van der Waals surface area contributed by atoms with Gasteiger partial charge >= 0.3 is 0 Å². The van der Waals surface area contributed by atoms with Crippen molar-refractivity contribution in [1.82, 2.24) is 10.1 Å². The minimum Gasteiger partial charge on any atom is -0.339 e. The van der Waals surface area contributed by atoms with Crippen molar-refractivity contribution in [3.8, 4) is 0 Å². The van der Waals surface area contributed by atoms with Crippen molar-refractivity contribution in [2.24, 2.45) is 0 Å². The van der Waals surface area contributed by atoms with E-state index >= 15 is 0 Å². The summed E-state index contributed by atoms with van der Waals surface area (Å²) in [5, 5.41) is 3.94. The van der Waals surface area contributed by atoms with Crippen LogP contribution in [-0.2, 0) is 5.41 Å². The first-order valence-electron chi connectivity index (χ1n) is 4.46. The van der Waals surface area contributed by atoms with Crippen LogP contribution in [0, 0.1) is 0 Å². The Bertz CT molecular complexity index is 286. The molecule has 1 aliphatic carbocycles. The van der Waals surface area contributed by atoms with Crippen molar-refractivity contribution in [1.29, 1.82) is 0 Å². The Morgan fingerprint density at radius 3 is 2.50 bits per heavy atom. The van der Waals surface area contributed by atoms with E-state index in [-0.39, 0.29) is 5.41 Å². The average molecular weight is 166 g/mol. The molecule has 0 amide bonds. The summed E-state index contributed by atoms with van der Waals surface area (Å²) < 4.78 is 5.19. The second kappa shape index (κ2) is 2.31. The van der Waals surface area contributed by atoms with E-state index in [1.165, 1.54) is 12.8 Å². The molecular formula is C9H14N2O. The molecule has 0 radical (unpaired) electrons. The fourth-order valence-electron chi connectivity index (χ4n) is 1.12. The minimum atomic E-state index is 0.208. The normalized spacial score (nSPS) is 20.0. The van der Waals surface area contributed by atoms with Gasteiger partial charge in [-0.1, -0.05) is 25.9 Å². The van der Waals surface area contributed by atoms with E-state index < -0.39 is 0 Å². The van der Waals surface area contributed by atoms with E-state index in [9.17, 15) is 0 Å². The molecule has 1 fully saturated rings. The van der Waals surface area contributed by atoms with Crippen molar-refractivity contribution in [2.45, 2.75) is 44.9 Å². The van der Waals surface area contributed by atoms with Gasteiger partial charge in [-0.05, 0) is 12.8 Å². The highest BCUT2D eigenvalue weighted by molar-refractivity contribution is 5.13. The molecule has 0 unspecified atom stereocenters. The number of hydrogen-bond donors (Lipinski definition) is 0. The van der Waals surface area contributed by atoms with Gasteiger partial charge in [0.15, 0.2) is 5.82 Å². The maximum Gasteiger partial charge on any atom is 0.232 e. The summed E-state index contributed by atoms with van der Waals surface area (Å²) >= 11 is 0. The molecule has 1 aliphatic rings. The largest absolute Gasteiger partial charge is 0.339 e. The van der Waals surface area contributed by atoms with Crippen molar-refractivity contribution < 1.29 is 4.52 Å². The van der Waals surface area contributed by atoms with E-state index in [4.69, 9.17) is 4.52 Å². The lowest BCUT2D eigenvalue weighted by Gasteiger charge is -1.97. The van der Waals surface area contributed by atoms with Crippen LogP contribution in [0.15, 0.2) is 4.52 Å². The van der Waals surface area contributed by atoms with Crippen LogP contribution >= 0.6 is 0 Å². The summed E-state index contributed by atoms with van der Waals surface area (Å²) in [7, 11) is 0. The fraction of sp³-hybridized carbons (Fsp3) is 0.778. The van der Waals surface area contributed by atoms with Crippen LogP contribution in [0.25, 0.3) is 0 Å². The van der Waals surface area contributed by atoms with E-state index in [1.807, 2.05) is 0 Å². The van der Waals surface area contributed by atoms with Gasteiger partial charge in [0.2, 0.25) is 5.89 Å². The molecule has 0 atom stereocenters. The highest BCUT2D eigenvalue weighted by atomic mass is 16.5. The third-order valence-electron chi connectivity index (χ3n) is 2.47. The molecule has 1 heterocycles. The minimum absolute atomic E-state index is 0.208. The average Bonchev–Trinajstić information content (AvgIpc) is 2.61. The Labute approximate surface area is 72.2 Å². The van der Waals surface area contributed by atoms with Crippen LogP contribution in [0.3, 0.4) is 0 Å². The van der Waals surface area contributed by atoms with E-state index in [2.05, 4.69) is 30.9 Å². The predicted molar refractivity (Wildman–Crippen MR) is 45.0 cm³/mol. The van der Waals surface area contributed by atoms with E-state index in [0.717, 1.165) is 11.7 Å². The molecule has 3 heteroatoms. The number of hydrogen-bond acceptors (Lipinski definition) is 3. The van der Waals surface area contributed by atoms with Crippen LogP contribution in [0.1, 0.15) is 51.2 Å². The van der Waals surface area contributed by atoms with Crippen LogP contribution < -0.4 is 0 Å². The summed E-state index contributed by atoms with van der Waals surface area (Å²) in [5.74, 6) is 2.02. The van der Waals surface area contributed by atoms with Gasteiger partial charge in [0.05, 0.1) is 0 Å². The molecule has 66 valence electrons. The highest BCUT2D eigenvalue weighted by Crippen LogP contribution is 2.46. The molecule has 3 nitrogen and oxygen atoms in total. The molecule has 1 aromatic heterocycles. The topological polar surface area (TPSA) is 38.9 Å². The first-order chi connectivity index (χ1) is 5.62. The lowest BCUT2D eigenvalue weighted by molar-refractivity contribution is 0.347. The second-order valence-electron chi connectivity index (χ2n) is 4.17. The highest BCUT2D eigenvalue weighted by Gasteiger charge is 2.44. The number of rotatable bonds is 2. The van der Waals surface area contributed by atoms with Gasteiger partial charge in [-0.15, -0.1) is 0 Å². The first-order valence-corrected chi connectivity index (χ1v) is 4.46. The SMILES string of the molecule is CC(C)c1noc(C2(C)CC2)n1. The Morgan fingerprint density at radius 2 is 2.08 bits per heavy atom. The molecule has 1 aromatic rings. The number of nitrogens with zero attached hydrogens (tertiary/aromatic N) is 2. The van der Waals surface area contributed by atoms with Crippen LogP contribution in [0.4, 0.5) is 0 Å². The molecule has 2 rings (SSSR count). The molecule has 0 aromatic carbocycles. The Morgan fingerprint density at radius 1 is 1.42 bits per heavy atom. The number of aromatic nitrogens is 2. The molecule has 1 saturated carbocycles. The van der Waals surface area contributed by atoms with Gasteiger partial charge in [-0.3, -0.25) is 0 Å².